The summed E-state index contributed by atoms with van der Waals surface area (Å²) in [5.74, 6) is -4.42. The molecule has 2 aliphatic rings. The highest BCUT2D eigenvalue weighted by Gasteiger charge is 2.40. The van der Waals surface area contributed by atoms with Crippen molar-refractivity contribution in [3.63, 3.8) is 0 Å². The zero-order chi connectivity index (χ0) is 32.3. The van der Waals surface area contributed by atoms with Crippen LogP contribution in [0.2, 0.25) is 0 Å². The Kier molecular flexibility index (Phi) is 9.71. The highest BCUT2D eigenvalue weighted by molar-refractivity contribution is 6.12. The molecule has 0 unspecified atom stereocenters. The van der Waals surface area contributed by atoms with E-state index in [0.29, 0.717) is 60.8 Å². The molecule has 0 fully saturated rings. The molecule has 44 heavy (non-hydrogen) atoms. The van der Waals surface area contributed by atoms with Gasteiger partial charge in [0.2, 0.25) is 0 Å². The van der Waals surface area contributed by atoms with Crippen LogP contribution >= 0.6 is 0 Å². The first kappa shape index (κ1) is 32.2. The number of methoxy groups -OCH3 is 4. The lowest BCUT2D eigenvalue weighted by molar-refractivity contribution is -0.143. The quantitative estimate of drug-likeness (QED) is 0.300. The Morgan fingerprint density at radius 3 is 1.02 bits per heavy atom. The second kappa shape index (κ2) is 13.3. The van der Waals surface area contributed by atoms with Gasteiger partial charge in [0.05, 0.1) is 50.7 Å². The molecule has 234 valence electrons. The number of rotatable bonds is 9. The molecule has 12 nitrogen and oxygen atoms in total. The summed E-state index contributed by atoms with van der Waals surface area (Å²) in [6, 6.07) is 0. The van der Waals surface area contributed by atoms with Crippen LogP contribution in [0.25, 0.3) is 11.1 Å². The number of carbonyl (C=O) groups is 6. The van der Waals surface area contributed by atoms with Crippen molar-refractivity contribution in [3.05, 3.63) is 55.6 Å². The monoisotopic (exact) mass is 610 g/mol. The van der Waals surface area contributed by atoms with Gasteiger partial charge in [-0.15, -0.1) is 0 Å². The topological polar surface area (TPSA) is 158 Å². The van der Waals surface area contributed by atoms with Gasteiger partial charge in [0.15, 0.2) is 0 Å². The predicted molar refractivity (Wildman–Crippen MR) is 152 cm³/mol. The Morgan fingerprint density at radius 2 is 0.750 bits per heavy atom. The van der Waals surface area contributed by atoms with E-state index in [1.807, 2.05) is 0 Å². The zero-order valence-electron chi connectivity index (χ0n) is 25.6. The van der Waals surface area contributed by atoms with E-state index in [0.717, 1.165) is 0 Å². The van der Waals surface area contributed by atoms with Crippen molar-refractivity contribution in [1.82, 2.24) is 0 Å². The lowest BCUT2D eigenvalue weighted by Gasteiger charge is -2.27. The van der Waals surface area contributed by atoms with Crippen molar-refractivity contribution in [2.24, 2.45) is 0 Å². The van der Waals surface area contributed by atoms with Gasteiger partial charge in [-0.1, -0.05) is 0 Å². The third-order valence-electron chi connectivity index (χ3n) is 8.00. The first-order valence-electron chi connectivity index (χ1n) is 14.0. The molecule has 2 aromatic carbocycles. The van der Waals surface area contributed by atoms with E-state index in [2.05, 4.69) is 0 Å². The van der Waals surface area contributed by atoms with Crippen LogP contribution in [0.5, 0.6) is 0 Å². The molecule has 0 atom stereocenters. The maximum Gasteiger partial charge on any atom is 0.338 e. The third-order valence-corrected chi connectivity index (χ3v) is 8.00. The van der Waals surface area contributed by atoms with Crippen molar-refractivity contribution in [1.29, 1.82) is 0 Å². The molecule has 2 aromatic rings. The van der Waals surface area contributed by atoms with Gasteiger partial charge >= 0.3 is 35.8 Å². The number of esters is 6. The fraction of sp³-hybridized carbons (Fsp3) is 0.438. The number of hydrogen-bond acceptors (Lipinski definition) is 12. The van der Waals surface area contributed by atoms with Crippen molar-refractivity contribution >= 4 is 35.8 Å². The third kappa shape index (κ3) is 5.63. The Balaban J connectivity index is 2.37. The number of ether oxygens (including phenoxy) is 6. The Hall–Kier alpha value is -4.74. The summed E-state index contributed by atoms with van der Waals surface area (Å²) in [5, 5.41) is 0. The van der Waals surface area contributed by atoms with E-state index in [4.69, 9.17) is 28.4 Å². The lowest BCUT2D eigenvalue weighted by atomic mass is 9.78. The van der Waals surface area contributed by atoms with Gasteiger partial charge in [0.1, 0.15) is 13.2 Å². The number of hydrogen-bond donors (Lipinski definition) is 0. The number of benzene rings is 2. The number of carbonyl (C=O) groups excluding carboxylic acids is 6. The van der Waals surface area contributed by atoms with E-state index in [9.17, 15) is 28.8 Å². The molecular weight excluding hydrogens is 576 g/mol. The first-order valence-corrected chi connectivity index (χ1v) is 14.0. The maximum absolute atomic E-state index is 13.7. The summed E-state index contributed by atoms with van der Waals surface area (Å²) in [7, 11) is 4.78. The average molecular weight is 611 g/mol. The van der Waals surface area contributed by atoms with Gasteiger partial charge in [-0.2, -0.15) is 0 Å². The predicted octanol–water partition coefficient (Wildman–Crippen LogP) is 3.60. The molecule has 0 aromatic heterocycles. The molecule has 2 aliphatic carbocycles. The SMILES string of the molecule is COC(=O)c1c2c(c(C(=O)OC)c(-c3c(COC(C)=O)c(C(=O)OC)c4c(c3C(=O)OC)CCC4)c1COC(C)=O)CCC2. The van der Waals surface area contributed by atoms with Crippen LogP contribution in [0.15, 0.2) is 0 Å². The summed E-state index contributed by atoms with van der Waals surface area (Å²) in [5.41, 5.74) is 2.39. The largest absolute Gasteiger partial charge is 0.465 e. The highest BCUT2D eigenvalue weighted by Crippen LogP contribution is 2.47. The molecule has 0 amide bonds. The molecule has 0 N–H and O–H groups in total. The van der Waals surface area contributed by atoms with Crippen LogP contribution in [-0.4, -0.2) is 64.3 Å². The maximum atomic E-state index is 13.7. The van der Waals surface area contributed by atoms with Crippen molar-refractivity contribution < 1.29 is 57.2 Å². The standard InChI is InChI=1S/C32H34O12/c1-15(33)43-13-21-23(29(35)39-3)17-9-7-11-19(17)27(31(37)41-5)25(21)26-22(14-44-16(2)34)24(30(36)40-4)18-10-8-12-20(18)28(26)32(38)42-6/h7-14H2,1-6H3. The molecule has 0 radical (unpaired) electrons. The minimum atomic E-state index is -0.784. The molecule has 0 spiro atoms. The van der Waals surface area contributed by atoms with Gasteiger partial charge < -0.3 is 28.4 Å². The van der Waals surface area contributed by atoms with E-state index in [1.54, 1.807) is 0 Å². The van der Waals surface area contributed by atoms with Gasteiger partial charge in [-0.3, -0.25) is 9.59 Å². The molecule has 4 rings (SSSR count). The normalized spacial score (nSPS) is 13.0. The molecular formula is C32H34O12. The molecule has 0 saturated heterocycles. The summed E-state index contributed by atoms with van der Waals surface area (Å²) in [6.07, 6.45) is 2.76. The Morgan fingerprint density at radius 1 is 0.477 bits per heavy atom. The fourth-order valence-corrected chi connectivity index (χ4v) is 6.35. The van der Waals surface area contributed by atoms with Crippen molar-refractivity contribution in [3.8, 4) is 11.1 Å². The summed E-state index contributed by atoms with van der Waals surface area (Å²) in [4.78, 5) is 78.5. The van der Waals surface area contributed by atoms with Gasteiger partial charge in [0, 0.05) is 36.1 Å². The minimum absolute atomic E-state index is 0.0153. The van der Waals surface area contributed by atoms with Gasteiger partial charge in [-0.25, -0.2) is 19.2 Å². The summed E-state index contributed by atoms with van der Waals surface area (Å²) >= 11 is 0. The van der Waals surface area contributed by atoms with E-state index >= 15 is 0 Å². The summed E-state index contributed by atoms with van der Waals surface area (Å²) < 4.78 is 31.6. The van der Waals surface area contributed by atoms with Crippen molar-refractivity contribution in [2.45, 2.75) is 65.6 Å². The van der Waals surface area contributed by atoms with Crippen LogP contribution in [0.1, 0.15) is 102 Å². The molecule has 0 bridgehead atoms. The van der Waals surface area contributed by atoms with Crippen LogP contribution < -0.4 is 0 Å². The molecule has 0 heterocycles. The van der Waals surface area contributed by atoms with E-state index in [1.165, 1.54) is 42.3 Å². The van der Waals surface area contributed by atoms with Crippen LogP contribution in [-0.2, 0) is 76.9 Å². The first-order chi connectivity index (χ1) is 21.0. The lowest BCUT2D eigenvalue weighted by Crippen LogP contribution is -2.23. The highest BCUT2D eigenvalue weighted by atomic mass is 16.5. The average Bonchev–Trinajstić information content (AvgIpc) is 3.69. The molecule has 0 aliphatic heterocycles. The fourth-order valence-electron chi connectivity index (χ4n) is 6.35. The van der Waals surface area contributed by atoms with Crippen LogP contribution in [0, 0.1) is 0 Å². The van der Waals surface area contributed by atoms with Crippen LogP contribution in [0.4, 0.5) is 0 Å². The number of fused-ring (bicyclic) bond motifs is 2. The molecule has 0 saturated carbocycles. The van der Waals surface area contributed by atoms with Crippen LogP contribution in [0.3, 0.4) is 0 Å². The Labute approximate surface area is 253 Å². The van der Waals surface area contributed by atoms with E-state index in [-0.39, 0.29) is 44.5 Å². The second-order valence-electron chi connectivity index (χ2n) is 10.4. The minimum Gasteiger partial charge on any atom is -0.465 e. The summed E-state index contributed by atoms with van der Waals surface area (Å²) in [6.45, 7) is 1.38. The van der Waals surface area contributed by atoms with Gasteiger partial charge in [0.25, 0.3) is 0 Å². The molecule has 12 heteroatoms. The Bertz CT molecular complexity index is 1470. The van der Waals surface area contributed by atoms with Gasteiger partial charge in [-0.05, 0) is 60.8 Å². The van der Waals surface area contributed by atoms with E-state index < -0.39 is 49.0 Å². The zero-order valence-corrected chi connectivity index (χ0v) is 25.6. The van der Waals surface area contributed by atoms with Crippen molar-refractivity contribution in [2.75, 3.05) is 28.4 Å². The second-order valence-corrected chi connectivity index (χ2v) is 10.4. The smallest absolute Gasteiger partial charge is 0.338 e.